The molecule has 0 bridgehead atoms. The fourth-order valence-corrected chi connectivity index (χ4v) is 4.24. The molecule has 178 valence electrons. The number of carboxylic acids is 1. The van der Waals surface area contributed by atoms with Crippen molar-refractivity contribution in [1.29, 1.82) is 0 Å². The molecule has 8 heteroatoms. The van der Waals surface area contributed by atoms with Gasteiger partial charge in [-0.3, -0.25) is 4.79 Å². The molecular formula is C24H38N4O4. The molecule has 32 heavy (non-hydrogen) atoms. The van der Waals surface area contributed by atoms with Gasteiger partial charge in [-0.05, 0) is 50.6 Å². The van der Waals surface area contributed by atoms with Gasteiger partial charge in [-0.1, -0.05) is 62.4 Å². The SMILES string of the molecule is CC(NC(=O)C(CC1CCCCC1)NC(=O)NC(CCCCN)C(=O)O)c1ccccc1. The zero-order valence-electron chi connectivity index (χ0n) is 19.0. The van der Waals surface area contributed by atoms with E-state index < -0.39 is 24.1 Å². The number of carbonyl (C=O) groups is 3. The second-order valence-electron chi connectivity index (χ2n) is 8.73. The average molecular weight is 447 g/mol. The molecule has 0 saturated heterocycles. The van der Waals surface area contributed by atoms with Gasteiger partial charge in [0.1, 0.15) is 12.1 Å². The number of carbonyl (C=O) groups excluding carboxylic acids is 2. The molecule has 3 amide bonds. The monoisotopic (exact) mass is 446 g/mol. The van der Waals surface area contributed by atoms with E-state index in [1.54, 1.807) is 0 Å². The molecule has 0 heterocycles. The molecular weight excluding hydrogens is 408 g/mol. The van der Waals surface area contributed by atoms with Crippen LogP contribution in [0, 0.1) is 5.92 Å². The number of amides is 3. The lowest BCUT2D eigenvalue weighted by Crippen LogP contribution is -2.54. The smallest absolute Gasteiger partial charge is 0.326 e. The van der Waals surface area contributed by atoms with Gasteiger partial charge in [0.25, 0.3) is 0 Å². The highest BCUT2D eigenvalue weighted by atomic mass is 16.4. The van der Waals surface area contributed by atoms with Crippen LogP contribution in [0.3, 0.4) is 0 Å². The van der Waals surface area contributed by atoms with E-state index in [4.69, 9.17) is 5.73 Å². The standard InChI is InChI=1S/C24H38N4O4/c1-17(19-12-6-3-7-13-19)26-22(29)21(16-18-10-4-2-5-11-18)28-24(32)27-20(23(30)31)14-8-9-15-25/h3,6-7,12-13,17-18,20-21H,2,4-5,8-11,14-16,25H2,1H3,(H,26,29)(H,30,31)(H2,27,28,32). The summed E-state index contributed by atoms with van der Waals surface area (Å²) < 4.78 is 0. The molecule has 0 spiro atoms. The van der Waals surface area contributed by atoms with Gasteiger partial charge in [0.05, 0.1) is 6.04 Å². The Morgan fingerprint density at radius 1 is 1.00 bits per heavy atom. The molecule has 1 aromatic carbocycles. The Bertz CT molecular complexity index is 722. The first-order valence-electron chi connectivity index (χ1n) is 11.8. The number of benzene rings is 1. The Labute approximate surface area is 190 Å². The zero-order valence-corrected chi connectivity index (χ0v) is 19.0. The molecule has 0 aromatic heterocycles. The summed E-state index contributed by atoms with van der Waals surface area (Å²) in [5, 5.41) is 17.7. The summed E-state index contributed by atoms with van der Waals surface area (Å²) in [6.07, 6.45) is 7.69. The van der Waals surface area contributed by atoms with Gasteiger partial charge in [-0.25, -0.2) is 9.59 Å². The quantitative estimate of drug-likeness (QED) is 0.315. The van der Waals surface area contributed by atoms with Crippen LogP contribution in [0.1, 0.15) is 76.3 Å². The summed E-state index contributed by atoms with van der Waals surface area (Å²) in [6.45, 7) is 2.38. The summed E-state index contributed by atoms with van der Waals surface area (Å²) >= 11 is 0. The van der Waals surface area contributed by atoms with Gasteiger partial charge in [-0.15, -0.1) is 0 Å². The van der Waals surface area contributed by atoms with E-state index >= 15 is 0 Å². The maximum atomic E-state index is 13.1. The van der Waals surface area contributed by atoms with Crippen LogP contribution in [-0.4, -0.2) is 41.6 Å². The summed E-state index contributed by atoms with van der Waals surface area (Å²) in [4.78, 5) is 37.2. The van der Waals surface area contributed by atoms with Gasteiger partial charge in [0.2, 0.25) is 5.91 Å². The van der Waals surface area contributed by atoms with E-state index in [0.717, 1.165) is 31.2 Å². The van der Waals surface area contributed by atoms with Crippen molar-refractivity contribution < 1.29 is 19.5 Å². The predicted octanol–water partition coefficient (Wildman–Crippen LogP) is 3.08. The maximum Gasteiger partial charge on any atom is 0.326 e. The molecule has 1 saturated carbocycles. The van der Waals surface area contributed by atoms with E-state index in [1.807, 2.05) is 37.3 Å². The zero-order chi connectivity index (χ0) is 23.3. The topological polar surface area (TPSA) is 134 Å². The van der Waals surface area contributed by atoms with Crippen LogP contribution in [0.2, 0.25) is 0 Å². The van der Waals surface area contributed by atoms with Crippen molar-refractivity contribution in [1.82, 2.24) is 16.0 Å². The molecule has 6 N–H and O–H groups in total. The number of hydrogen-bond donors (Lipinski definition) is 5. The fraction of sp³-hybridized carbons (Fsp3) is 0.625. The minimum absolute atomic E-state index is 0.203. The number of rotatable bonds is 12. The number of carboxylic acid groups (broad SMARTS) is 1. The molecule has 1 aromatic rings. The molecule has 8 nitrogen and oxygen atoms in total. The summed E-state index contributed by atoms with van der Waals surface area (Å²) in [7, 11) is 0. The van der Waals surface area contributed by atoms with Crippen molar-refractivity contribution in [3.8, 4) is 0 Å². The Balaban J connectivity index is 2.01. The van der Waals surface area contributed by atoms with Crippen molar-refractivity contribution in [2.75, 3.05) is 6.54 Å². The van der Waals surface area contributed by atoms with Crippen molar-refractivity contribution in [2.24, 2.45) is 11.7 Å². The summed E-state index contributed by atoms with van der Waals surface area (Å²) in [6, 6.07) is 7.08. The third-order valence-corrected chi connectivity index (χ3v) is 6.12. The Morgan fingerprint density at radius 2 is 1.66 bits per heavy atom. The number of unbranched alkanes of at least 4 members (excludes halogenated alkanes) is 1. The molecule has 1 aliphatic carbocycles. The molecule has 1 aliphatic rings. The number of hydrogen-bond acceptors (Lipinski definition) is 4. The number of urea groups is 1. The molecule has 3 unspecified atom stereocenters. The van der Waals surface area contributed by atoms with E-state index in [2.05, 4.69) is 16.0 Å². The number of nitrogens with two attached hydrogens (primary N) is 1. The molecule has 2 rings (SSSR count). The Morgan fingerprint density at radius 3 is 2.28 bits per heavy atom. The van der Waals surface area contributed by atoms with Gasteiger partial charge < -0.3 is 26.8 Å². The minimum atomic E-state index is -1.09. The van der Waals surface area contributed by atoms with E-state index in [-0.39, 0.29) is 11.9 Å². The Hall–Kier alpha value is -2.61. The van der Waals surface area contributed by atoms with Crippen LogP contribution in [-0.2, 0) is 9.59 Å². The van der Waals surface area contributed by atoms with Gasteiger partial charge in [0, 0.05) is 0 Å². The normalized spacial score (nSPS) is 17.1. The highest BCUT2D eigenvalue weighted by Crippen LogP contribution is 2.27. The van der Waals surface area contributed by atoms with Crippen LogP contribution in [0.5, 0.6) is 0 Å². The van der Waals surface area contributed by atoms with E-state index in [0.29, 0.717) is 38.1 Å². The van der Waals surface area contributed by atoms with Gasteiger partial charge in [0.15, 0.2) is 0 Å². The van der Waals surface area contributed by atoms with Crippen LogP contribution < -0.4 is 21.7 Å². The third kappa shape index (κ3) is 8.86. The largest absolute Gasteiger partial charge is 0.480 e. The highest BCUT2D eigenvalue weighted by Gasteiger charge is 2.28. The van der Waals surface area contributed by atoms with Crippen LogP contribution >= 0.6 is 0 Å². The Kier molecular flexibility index (Phi) is 11.0. The van der Waals surface area contributed by atoms with E-state index in [1.165, 1.54) is 6.42 Å². The van der Waals surface area contributed by atoms with Crippen LogP contribution in [0.15, 0.2) is 30.3 Å². The first-order chi connectivity index (χ1) is 15.4. The predicted molar refractivity (Wildman–Crippen MR) is 124 cm³/mol. The average Bonchev–Trinajstić information content (AvgIpc) is 2.79. The number of nitrogens with one attached hydrogen (secondary N) is 3. The van der Waals surface area contributed by atoms with Gasteiger partial charge >= 0.3 is 12.0 Å². The lowest BCUT2D eigenvalue weighted by atomic mass is 9.84. The first kappa shape index (κ1) is 25.6. The highest BCUT2D eigenvalue weighted by molar-refractivity contribution is 5.89. The molecule has 1 fully saturated rings. The lowest BCUT2D eigenvalue weighted by Gasteiger charge is -2.28. The molecule has 0 aliphatic heterocycles. The van der Waals surface area contributed by atoms with Crippen LogP contribution in [0.25, 0.3) is 0 Å². The number of aliphatic carboxylic acids is 1. The fourth-order valence-electron chi connectivity index (χ4n) is 4.24. The molecule has 0 radical (unpaired) electrons. The van der Waals surface area contributed by atoms with Crippen LogP contribution in [0.4, 0.5) is 4.79 Å². The van der Waals surface area contributed by atoms with Crippen molar-refractivity contribution in [3.63, 3.8) is 0 Å². The third-order valence-electron chi connectivity index (χ3n) is 6.12. The maximum absolute atomic E-state index is 13.1. The molecule has 3 atom stereocenters. The second kappa shape index (κ2) is 13.7. The van der Waals surface area contributed by atoms with E-state index in [9.17, 15) is 19.5 Å². The van der Waals surface area contributed by atoms with Crippen molar-refractivity contribution >= 4 is 17.9 Å². The minimum Gasteiger partial charge on any atom is -0.480 e. The summed E-state index contributed by atoms with van der Waals surface area (Å²) in [5.41, 5.74) is 6.45. The summed E-state index contributed by atoms with van der Waals surface area (Å²) in [5.74, 6) is -0.980. The second-order valence-corrected chi connectivity index (χ2v) is 8.73. The first-order valence-corrected chi connectivity index (χ1v) is 11.8. The van der Waals surface area contributed by atoms with Crippen molar-refractivity contribution in [2.45, 2.75) is 82.8 Å². The van der Waals surface area contributed by atoms with Gasteiger partial charge in [-0.2, -0.15) is 0 Å². The lowest BCUT2D eigenvalue weighted by molar-refractivity contribution is -0.139. The van der Waals surface area contributed by atoms with Crippen molar-refractivity contribution in [3.05, 3.63) is 35.9 Å².